The molecule has 17 heavy (non-hydrogen) atoms. The SMILES string of the molecule is CC1(C)C(N)CC(=O)N1CCN1CCOCC1. The number of nitrogens with zero attached hydrogens (tertiary/aromatic N) is 2. The molecule has 2 saturated heterocycles. The molecule has 0 aromatic rings. The molecule has 2 heterocycles. The lowest BCUT2D eigenvalue weighted by Crippen LogP contribution is -2.52. The van der Waals surface area contributed by atoms with Gasteiger partial charge in [-0.1, -0.05) is 0 Å². The van der Waals surface area contributed by atoms with Gasteiger partial charge in [0.1, 0.15) is 0 Å². The molecule has 1 unspecified atom stereocenters. The standard InChI is InChI=1S/C12H23N3O2/c1-12(2)10(13)9-11(16)15(12)4-3-14-5-7-17-8-6-14/h10H,3-9,13H2,1-2H3. The fourth-order valence-corrected chi connectivity index (χ4v) is 2.55. The van der Waals surface area contributed by atoms with Crippen molar-refractivity contribution in [3.8, 4) is 0 Å². The van der Waals surface area contributed by atoms with Crippen molar-refractivity contribution in [3.05, 3.63) is 0 Å². The lowest BCUT2D eigenvalue weighted by Gasteiger charge is -2.36. The fraction of sp³-hybridized carbons (Fsp3) is 0.917. The summed E-state index contributed by atoms with van der Waals surface area (Å²) in [6, 6.07) is -0.0420. The van der Waals surface area contributed by atoms with Gasteiger partial charge in [0.2, 0.25) is 5.91 Å². The third-order valence-electron chi connectivity index (χ3n) is 4.04. The second-order valence-electron chi connectivity index (χ2n) is 5.46. The highest BCUT2D eigenvalue weighted by atomic mass is 16.5. The molecular weight excluding hydrogens is 218 g/mol. The first-order valence-electron chi connectivity index (χ1n) is 6.38. The molecule has 0 aliphatic carbocycles. The summed E-state index contributed by atoms with van der Waals surface area (Å²) in [6.07, 6.45) is 0.482. The van der Waals surface area contributed by atoms with Crippen LogP contribution in [0.1, 0.15) is 20.3 Å². The summed E-state index contributed by atoms with van der Waals surface area (Å²) >= 11 is 0. The molecule has 2 N–H and O–H groups in total. The maximum atomic E-state index is 11.9. The summed E-state index contributed by atoms with van der Waals surface area (Å²) in [5, 5.41) is 0. The smallest absolute Gasteiger partial charge is 0.224 e. The van der Waals surface area contributed by atoms with Crippen molar-refractivity contribution in [3.63, 3.8) is 0 Å². The van der Waals surface area contributed by atoms with Gasteiger partial charge >= 0.3 is 0 Å². The minimum Gasteiger partial charge on any atom is -0.379 e. The third kappa shape index (κ3) is 2.61. The van der Waals surface area contributed by atoms with Gasteiger partial charge in [0, 0.05) is 38.6 Å². The van der Waals surface area contributed by atoms with Crippen LogP contribution in [0.4, 0.5) is 0 Å². The Morgan fingerprint density at radius 3 is 2.53 bits per heavy atom. The summed E-state index contributed by atoms with van der Waals surface area (Å²) in [5.74, 6) is 0.191. The van der Waals surface area contributed by atoms with Crippen molar-refractivity contribution in [2.45, 2.75) is 31.8 Å². The first kappa shape index (κ1) is 12.8. The molecule has 0 spiro atoms. The van der Waals surface area contributed by atoms with E-state index in [9.17, 15) is 4.79 Å². The van der Waals surface area contributed by atoms with E-state index < -0.39 is 0 Å². The summed E-state index contributed by atoms with van der Waals surface area (Å²) in [6.45, 7) is 9.35. The van der Waals surface area contributed by atoms with E-state index in [-0.39, 0.29) is 17.5 Å². The number of rotatable bonds is 3. The van der Waals surface area contributed by atoms with Gasteiger partial charge in [-0.15, -0.1) is 0 Å². The van der Waals surface area contributed by atoms with Crippen molar-refractivity contribution >= 4 is 5.91 Å². The van der Waals surface area contributed by atoms with E-state index in [0.717, 1.165) is 39.4 Å². The van der Waals surface area contributed by atoms with Crippen LogP contribution in [0.3, 0.4) is 0 Å². The zero-order valence-electron chi connectivity index (χ0n) is 10.8. The second kappa shape index (κ2) is 4.92. The quantitative estimate of drug-likeness (QED) is 0.734. The van der Waals surface area contributed by atoms with Crippen LogP contribution < -0.4 is 5.73 Å². The average Bonchev–Trinajstić information content (AvgIpc) is 2.48. The molecule has 0 bridgehead atoms. The first-order valence-corrected chi connectivity index (χ1v) is 6.38. The predicted molar refractivity (Wildman–Crippen MR) is 65.6 cm³/mol. The highest BCUT2D eigenvalue weighted by Gasteiger charge is 2.43. The number of hydrogen-bond donors (Lipinski definition) is 1. The minimum absolute atomic E-state index is 0.0420. The molecule has 0 aromatic carbocycles. The van der Waals surface area contributed by atoms with Crippen molar-refractivity contribution < 1.29 is 9.53 Å². The number of ether oxygens (including phenoxy) is 1. The largest absolute Gasteiger partial charge is 0.379 e. The zero-order valence-corrected chi connectivity index (χ0v) is 10.8. The Kier molecular flexibility index (Phi) is 3.70. The fourth-order valence-electron chi connectivity index (χ4n) is 2.55. The minimum atomic E-state index is -0.205. The number of likely N-dealkylation sites (tertiary alicyclic amines) is 1. The second-order valence-corrected chi connectivity index (χ2v) is 5.46. The van der Waals surface area contributed by atoms with Gasteiger partial charge in [-0.3, -0.25) is 9.69 Å². The number of carbonyl (C=O) groups is 1. The van der Waals surface area contributed by atoms with E-state index in [4.69, 9.17) is 10.5 Å². The number of carbonyl (C=O) groups excluding carboxylic acids is 1. The maximum Gasteiger partial charge on any atom is 0.224 e. The predicted octanol–water partition coefficient (Wildman–Crippen LogP) is -0.343. The number of nitrogens with two attached hydrogens (primary N) is 1. The molecule has 2 aliphatic heterocycles. The van der Waals surface area contributed by atoms with Gasteiger partial charge in [-0.2, -0.15) is 0 Å². The van der Waals surface area contributed by atoms with Crippen molar-refractivity contribution in [2.75, 3.05) is 39.4 Å². The van der Waals surface area contributed by atoms with Crippen LogP contribution in [-0.2, 0) is 9.53 Å². The molecule has 2 fully saturated rings. The molecule has 5 nitrogen and oxygen atoms in total. The van der Waals surface area contributed by atoms with Gasteiger partial charge in [0.15, 0.2) is 0 Å². The van der Waals surface area contributed by atoms with E-state index in [1.807, 2.05) is 4.90 Å². The molecule has 1 amide bonds. The Bertz CT molecular complexity index is 287. The topological polar surface area (TPSA) is 58.8 Å². The molecule has 2 aliphatic rings. The summed E-state index contributed by atoms with van der Waals surface area (Å²) < 4.78 is 5.31. The molecule has 98 valence electrons. The normalized spacial score (nSPS) is 29.9. The van der Waals surface area contributed by atoms with E-state index in [0.29, 0.717) is 6.42 Å². The number of hydrogen-bond acceptors (Lipinski definition) is 4. The molecule has 0 aromatic heterocycles. The van der Waals surface area contributed by atoms with Crippen LogP contribution in [0.15, 0.2) is 0 Å². The Morgan fingerprint density at radius 2 is 2.00 bits per heavy atom. The maximum absolute atomic E-state index is 11.9. The van der Waals surface area contributed by atoms with E-state index >= 15 is 0 Å². The van der Waals surface area contributed by atoms with Crippen molar-refractivity contribution in [2.24, 2.45) is 5.73 Å². The van der Waals surface area contributed by atoms with Crippen LogP contribution in [0.2, 0.25) is 0 Å². The third-order valence-corrected chi connectivity index (χ3v) is 4.04. The van der Waals surface area contributed by atoms with Crippen LogP contribution in [-0.4, -0.2) is 66.7 Å². The van der Waals surface area contributed by atoms with E-state index in [1.54, 1.807) is 0 Å². The highest BCUT2D eigenvalue weighted by molar-refractivity contribution is 5.80. The number of morpholine rings is 1. The average molecular weight is 241 g/mol. The molecule has 0 radical (unpaired) electrons. The van der Waals surface area contributed by atoms with Gasteiger partial charge in [0.25, 0.3) is 0 Å². The molecular formula is C12H23N3O2. The summed E-state index contributed by atoms with van der Waals surface area (Å²) in [4.78, 5) is 16.2. The van der Waals surface area contributed by atoms with Crippen LogP contribution in [0.5, 0.6) is 0 Å². The Labute approximate surface area is 103 Å². The van der Waals surface area contributed by atoms with E-state index in [1.165, 1.54) is 0 Å². The van der Waals surface area contributed by atoms with Crippen molar-refractivity contribution in [1.29, 1.82) is 0 Å². The Balaban J connectivity index is 1.87. The molecule has 0 saturated carbocycles. The first-order chi connectivity index (χ1) is 8.01. The zero-order chi connectivity index (χ0) is 12.5. The molecule has 2 rings (SSSR count). The summed E-state index contributed by atoms with van der Waals surface area (Å²) in [7, 11) is 0. The molecule has 5 heteroatoms. The number of amides is 1. The van der Waals surface area contributed by atoms with Gasteiger partial charge < -0.3 is 15.4 Å². The van der Waals surface area contributed by atoms with Gasteiger partial charge in [-0.05, 0) is 13.8 Å². The Hall–Kier alpha value is -0.650. The lowest BCUT2D eigenvalue weighted by atomic mass is 9.97. The van der Waals surface area contributed by atoms with Crippen LogP contribution in [0.25, 0.3) is 0 Å². The highest BCUT2D eigenvalue weighted by Crippen LogP contribution is 2.28. The van der Waals surface area contributed by atoms with E-state index in [2.05, 4.69) is 18.7 Å². The van der Waals surface area contributed by atoms with Crippen LogP contribution in [0, 0.1) is 0 Å². The van der Waals surface area contributed by atoms with Crippen molar-refractivity contribution in [1.82, 2.24) is 9.80 Å². The summed E-state index contributed by atoms with van der Waals surface area (Å²) in [5.41, 5.74) is 5.80. The van der Waals surface area contributed by atoms with Crippen LogP contribution >= 0.6 is 0 Å². The van der Waals surface area contributed by atoms with Gasteiger partial charge in [0.05, 0.1) is 18.8 Å². The molecule has 1 atom stereocenters. The monoisotopic (exact) mass is 241 g/mol. The van der Waals surface area contributed by atoms with Gasteiger partial charge in [-0.25, -0.2) is 0 Å². The lowest BCUT2D eigenvalue weighted by molar-refractivity contribution is -0.130. The Morgan fingerprint density at radius 1 is 1.35 bits per heavy atom.